The number of nitrogens with two attached hydrogens (primary N) is 1. The summed E-state index contributed by atoms with van der Waals surface area (Å²) in [4.78, 5) is 23.9. The zero-order chi connectivity index (χ0) is 13.6. The van der Waals surface area contributed by atoms with Gasteiger partial charge >= 0.3 is 13.9 Å². The molecule has 10 heteroatoms. The fraction of sp³-hybridized carbons (Fsp3) is 0.556. The highest BCUT2D eigenvalue weighted by atomic mass is 31.1. The molecule has 2 fully saturated rings. The maximum absolute atomic E-state index is 11.7. The van der Waals surface area contributed by atoms with Gasteiger partial charge in [0.25, 0.3) is 0 Å². The molecular formula is C9H11N3O6P+. The third-order valence-electron chi connectivity index (χ3n) is 3.00. The molecule has 3 heterocycles. The highest BCUT2D eigenvalue weighted by Crippen LogP contribution is 2.44. The smallest absolute Gasteiger partial charge is 0.383 e. The Morgan fingerprint density at radius 1 is 1.53 bits per heavy atom. The van der Waals surface area contributed by atoms with E-state index in [4.69, 9.17) is 20.1 Å². The minimum Gasteiger partial charge on any atom is -0.383 e. The van der Waals surface area contributed by atoms with E-state index in [1.54, 1.807) is 0 Å². The number of hydrogen-bond donors (Lipinski definition) is 2. The number of nitrogen functional groups attached to an aromatic ring is 1. The number of anilines is 1. The van der Waals surface area contributed by atoms with Gasteiger partial charge in [0.1, 0.15) is 30.7 Å². The van der Waals surface area contributed by atoms with Crippen molar-refractivity contribution >= 4 is 14.1 Å². The van der Waals surface area contributed by atoms with Crippen molar-refractivity contribution < 1.29 is 23.5 Å². The van der Waals surface area contributed by atoms with Crippen molar-refractivity contribution in [3.05, 3.63) is 22.7 Å². The van der Waals surface area contributed by atoms with E-state index in [0.29, 0.717) is 0 Å². The first-order chi connectivity index (χ1) is 9.06. The van der Waals surface area contributed by atoms with Crippen LogP contribution in [0.4, 0.5) is 5.82 Å². The largest absolute Gasteiger partial charge is 0.694 e. The van der Waals surface area contributed by atoms with Gasteiger partial charge < -0.3 is 15.2 Å². The van der Waals surface area contributed by atoms with Crippen molar-refractivity contribution in [1.29, 1.82) is 0 Å². The molecule has 0 saturated carbocycles. The predicted molar refractivity (Wildman–Crippen MR) is 61.3 cm³/mol. The van der Waals surface area contributed by atoms with Gasteiger partial charge in [-0.25, -0.2) is 4.79 Å². The Hall–Kier alpha value is -1.38. The highest BCUT2D eigenvalue weighted by molar-refractivity contribution is 7.32. The summed E-state index contributed by atoms with van der Waals surface area (Å²) < 4.78 is 27.3. The fourth-order valence-electron chi connectivity index (χ4n) is 2.11. The number of rotatable bonds is 4. The van der Waals surface area contributed by atoms with Gasteiger partial charge in [-0.15, -0.1) is 9.42 Å². The molecule has 2 aliphatic heterocycles. The third kappa shape index (κ3) is 2.38. The Morgan fingerprint density at radius 2 is 2.32 bits per heavy atom. The van der Waals surface area contributed by atoms with Gasteiger partial charge in [0, 0.05) is 10.8 Å². The zero-order valence-corrected chi connectivity index (χ0v) is 10.5. The standard InChI is InChI=1S/C9H10N3O6P/c10-5-1-2-12(9(13)11-5)8-7-6(18-7)4(17-8)3-16-19(14)15/h1-2,4,6-8H,3H2,(H2-,10,11,13,14,15)/p+1/t4-,6+,7+,8-/m1/s1. The lowest BCUT2D eigenvalue weighted by Gasteiger charge is -2.17. The monoisotopic (exact) mass is 288 g/mol. The van der Waals surface area contributed by atoms with Crippen LogP contribution in [0.1, 0.15) is 6.23 Å². The lowest BCUT2D eigenvalue weighted by Crippen LogP contribution is -2.31. The summed E-state index contributed by atoms with van der Waals surface area (Å²) in [6.07, 6.45) is -0.122. The van der Waals surface area contributed by atoms with Crippen LogP contribution >= 0.6 is 8.25 Å². The second-order valence-electron chi connectivity index (χ2n) is 4.21. The molecule has 0 spiro atoms. The highest BCUT2D eigenvalue weighted by Gasteiger charge is 2.59. The summed E-state index contributed by atoms with van der Waals surface area (Å²) in [5.41, 5.74) is 4.87. The molecule has 19 heavy (non-hydrogen) atoms. The van der Waals surface area contributed by atoms with Gasteiger partial charge in [-0.1, -0.05) is 0 Å². The first-order valence-corrected chi connectivity index (χ1v) is 6.64. The minimum atomic E-state index is -2.68. The van der Waals surface area contributed by atoms with Crippen molar-refractivity contribution in [2.75, 3.05) is 12.3 Å². The Labute approximate surface area is 107 Å². The van der Waals surface area contributed by atoms with Gasteiger partial charge in [0.2, 0.25) is 0 Å². The summed E-state index contributed by atoms with van der Waals surface area (Å²) in [6.45, 7) is -0.0689. The molecule has 5 atom stereocenters. The van der Waals surface area contributed by atoms with E-state index in [1.807, 2.05) is 0 Å². The Bertz CT molecular complexity index is 577. The average Bonchev–Trinajstić information content (AvgIpc) is 3.04. The van der Waals surface area contributed by atoms with Crippen LogP contribution in [0.3, 0.4) is 0 Å². The Kier molecular flexibility index (Phi) is 3.08. The number of nitrogens with zero attached hydrogens (tertiary/aromatic N) is 2. The van der Waals surface area contributed by atoms with E-state index < -0.39 is 26.3 Å². The van der Waals surface area contributed by atoms with Crippen molar-refractivity contribution in [1.82, 2.24) is 9.55 Å². The third-order valence-corrected chi connectivity index (χ3v) is 3.37. The SMILES string of the molecule is Nc1ccn([C@@H]2O[C@H](CO[P+](=O)O)[C@@H]3O[C@@H]32)c(=O)n1. The molecule has 2 saturated heterocycles. The van der Waals surface area contributed by atoms with Gasteiger partial charge in [-0.2, -0.15) is 4.98 Å². The van der Waals surface area contributed by atoms with E-state index in [9.17, 15) is 9.36 Å². The second kappa shape index (κ2) is 4.62. The molecule has 1 aromatic heterocycles. The van der Waals surface area contributed by atoms with Crippen molar-refractivity contribution in [2.24, 2.45) is 0 Å². The molecule has 0 radical (unpaired) electrons. The van der Waals surface area contributed by atoms with Crippen LogP contribution < -0.4 is 11.4 Å². The number of fused-ring (bicyclic) bond motifs is 1. The normalized spacial score (nSPS) is 33.0. The molecule has 102 valence electrons. The van der Waals surface area contributed by atoms with E-state index in [1.165, 1.54) is 16.8 Å². The summed E-state index contributed by atoms with van der Waals surface area (Å²) >= 11 is 0. The van der Waals surface area contributed by atoms with Crippen molar-refractivity contribution in [2.45, 2.75) is 24.5 Å². The van der Waals surface area contributed by atoms with Gasteiger partial charge in [0.05, 0.1) is 0 Å². The van der Waals surface area contributed by atoms with Gasteiger partial charge in [-0.3, -0.25) is 4.57 Å². The topological polar surface area (TPSA) is 129 Å². The van der Waals surface area contributed by atoms with E-state index >= 15 is 0 Å². The number of epoxide rings is 1. The van der Waals surface area contributed by atoms with Crippen LogP contribution in [-0.2, 0) is 18.6 Å². The molecule has 0 amide bonds. The van der Waals surface area contributed by atoms with Crippen LogP contribution in [-0.4, -0.2) is 39.4 Å². The van der Waals surface area contributed by atoms with Crippen molar-refractivity contribution in [3.8, 4) is 0 Å². The lowest BCUT2D eigenvalue weighted by atomic mass is 10.2. The fourth-order valence-corrected chi connectivity index (χ4v) is 2.39. The summed E-state index contributed by atoms with van der Waals surface area (Å²) in [6, 6.07) is 1.48. The molecule has 0 aromatic carbocycles. The molecule has 0 aliphatic carbocycles. The molecule has 3 rings (SSSR count). The molecule has 1 aromatic rings. The quantitative estimate of drug-likeness (QED) is 0.541. The number of hydrogen-bond acceptors (Lipinski definition) is 7. The molecule has 2 aliphatic rings. The average molecular weight is 288 g/mol. The number of ether oxygens (including phenoxy) is 2. The molecule has 9 nitrogen and oxygen atoms in total. The minimum absolute atomic E-state index is 0.0689. The Balaban J connectivity index is 1.74. The summed E-state index contributed by atoms with van der Waals surface area (Å²) in [5.74, 6) is 0.129. The van der Waals surface area contributed by atoms with Crippen LogP contribution in [0.5, 0.6) is 0 Å². The van der Waals surface area contributed by atoms with Crippen LogP contribution in [0, 0.1) is 0 Å². The van der Waals surface area contributed by atoms with Crippen LogP contribution in [0.2, 0.25) is 0 Å². The molecule has 1 unspecified atom stereocenters. The number of aromatic nitrogens is 2. The van der Waals surface area contributed by atoms with E-state index in [-0.39, 0.29) is 24.6 Å². The summed E-state index contributed by atoms with van der Waals surface area (Å²) in [7, 11) is -2.68. The second-order valence-corrected chi connectivity index (χ2v) is 4.94. The van der Waals surface area contributed by atoms with Gasteiger partial charge in [0.15, 0.2) is 6.23 Å². The van der Waals surface area contributed by atoms with Gasteiger partial charge in [-0.05, 0) is 6.07 Å². The van der Waals surface area contributed by atoms with E-state index in [2.05, 4.69) is 9.51 Å². The summed E-state index contributed by atoms with van der Waals surface area (Å²) in [5, 5.41) is 0. The maximum atomic E-state index is 11.7. The first-order valence-electron chi connectivity index (χ1n) is 5.51. The molecular weight excluding hydrogens is 277 g/mol. The van der Waals surface area contributed by atoms with Crippen molar-refractivity contribution in [3.63, 3.8) is 0 Å². The van der Waals surface area contributed by atoms with Crippen LogP contribution in [0.25, 0.3) is 0 Å². The maximum Gasteiger partial charge on any atom is 0.694 e. The molecule has 3 N–H and O–H groups in total. The van der Waals surface area contributed by atoms with E-state index in [0.717, 1.165) is 0 Å². The van der Waals surface area contributed by atoms with Crippen LogP contribution in [0.15, 0.2) is 17.1 Å². The predicted octanol–water partition coefficient (Wildman–Crippen LogP) is -0.843. The lowest BCUT2D eigenvalue weighted by molar-refractivity contribution is -0.0822. The first kappa shape index (κ1) is 12.6. The molecule has 0 bridgehead atoms. The zero-order valence-electron chi connectivity index (χ0n) is 9.58. The Morgan fingerprint density at radius 3 is 3.00 bits per heavy atom.